The van der Waals surface area contributed by atoms with Crippen LogP contribution in [0.4, 0.5) is 17.6 Å². The monoisotopic (exact) mass is 233 g/mol. The first-order valence-electron chi connectivity index (χ1n) is 3.95. The first-order valence-corrected chi connectivity index (χ1v) is 3.95. The lowest BCUT2D eigenvalue weighted by molar-refractivity contribution is -0.169. The lowest BCUT2D eigenvalue weighted by Crippen LogP contribution is -2.40. The highest BCUT2D eigenvalue weighted by molar-refractivity contribution is 5.73. The van der Waals surface area contributed by atoms with Crippen molar-refractivity contribution in [2.45, 2.75) is 18.4 Å². The molecule has 15 heavy (non-hydrogen) atoms. The summed E-state index contributed by atoms with van der Waals surface area (Å²) in [5, 5.41) is 10.7. The molecule has 0 aliphatic carbocycles. The Balaban J connectivity index is 3.92. The number of carboxylic acid groups (broad SMARTS) is 1. The molecule has 0 amide bonds. The molecule has 0 aliphatic heterocycles. The van der Waals surface area contributed by atoms with Gasteiger partial charge < -0.3 is 15.2 Å². The summed E-state index contributed by atoms with van der Waals surface area (Å²) in [6, 6.07) is -1.20. The van der Waals surface area contributed by atoms with E-state index in [2.05, 4.69) is 10.1 Å². The van der Waals surface area contributed by atoms with E-state index in [-0.39, 0.29) is 0 Å². The second-order valence-electron chi connectivity index (χ2n) is 2.76. The zero-order valence-corrected chi connectivity index (χ0v) is 7.84. The summed E-state index contributed by atoms with van der Waals surface area (Å²) in [5.41, 5.74) is 0. The molecule has 0 spiro atoms. The summed E-state index contributed by atoms with van der Waals surface area (Å²) in [4.78, 5) is 10.3. The van der Waals surface area contributed by atoms with E-state index < -0.39 is 37.6 Å². The topological polar surface area (TPSA) is 58.6 Å². The minimum Gasteiger partial charge on any atom is -0.480 e. The van der Waals surface area contributed by atoms with E-state index in [1.807, 2.05) is 0 Å². The maximum absolute atomic E-state index is 12.3. The number of alkyl halides is 4. The van der Waals surface area contributed by atoms with Gasteiger partial charge in [-0.05, 0) is 7.05 Å². The van der Waals surface area contributed by atoms with Gasteiger partial charge in [0.15, 0.2) is 0 Å². The molecule has 0 fully saturated rings. The van der Waals surface area contributed by atoms with Gasteiger partial charge >= 0.3 is 18.3 Å². The SMILES string of the molecule is CN[C@@H](COCC(F)(F)C(F)F)C(=O)O. The Kier molecular flexibility index (Phi) is 5.51. The van der Waals surface area contributed by atoms with Crippen molar-refractivity contribution in [1.29, 1.82) is 0 Å². The zero-order valence-electron chi connectivity index (χ0n) is 7.84. The van der Waals surface area contributed by atoms with Gasteiger partial charge in [0.1, 0.15) is 12.6 Å². The molecule has 0 heterocycles. The summed E-state index contributed by atoms with van der Waals surface area (Å²) in [5.74, 6) is -5.56. The largest absolute Gasteiger partial charge is 0.480 e. The van der Waals surface area contributed by atoms with Gasteiger partial charge in [-0.25, -0.2) is 8.78 Å². The number of likely N-dealkylation sites (N-methyl/N-ethyl adjacent to an activating group) is 1. The number of rotatable bonds is 7. The Labute approximate surface area is 83.2 Å². The lowest BCUT2D eigenvalue weighted by Gasteiger charge is -2.17. The van der Waals surface area contributed by atoms with Gasteiger partial charge in [0, 0.05) is 0 Å². The fraction of sp³-hybridized carbons (Fsp3) is 0.857. The van der Waals surface area contributed by atoms with Crippen LogP contribution in [0.5, 0.6) is 0 Å². The predicted octanol–water partition coefficient (Wildman–Crippen LogP) is 0.576. The van der Waals surface area contributed by atoms with Crippen molar-refractivity contribution in [3.63, 3.8) is 0 Å². The lowest BCUT2D eigenvalue weighted by atomic mass is 10.3. The molecular formula is C7H11F4NO3. The number of halogens is 4. The molecule has 0 bridgehead atoms. The molecule has 1 atom stereocenters. The van der Waals surface area contributed by atoms with Crippen molar-refractivity contribution in [2.24, 2.45) is 0 Å². The number of carboxylic acids is 1. The van der Waals surface area contributed by atoms with Gasteiger partial charge in [0.05, 0.1) is 6.61 Å². The molecule has 0 saturated heterocycles. The van der Waals surface area contributed by atoms with Gasteiger partial charge in [0.25, 0.3) is 0 Å². The highest BCUT2D eigenvalue weighted by atomic mass is 19.3. The summed E-state index contributed by atoms with van der Waals surface area (Å²) >= 11 is 0. The Hall–Kier alpha value is -0.890. The third-order valence-electron chi connectivity index (χ3n) is 1.54. The van der Waals surface area contributed by atoms with Gasteiger partial charge in [-0.15, -0.1) is 0 Å². The van der Waals surface area contributed by atoms with E-state index in [0.29, 0.717) is 0 Å². The third-order valence-corrected chi connectivity index (χ3v) is 1.54. The Morgan fingerprint density at radius 3 is 2.40 bits per heavy atom. The highest BCUT2D eigenvalue weighted by Crippen LogP contribution is 2.22. The van der Waals surface area contributed by atoms with E-state index in [1.54, 1.807) is 0 Å². The Morgan fingerprint density at radius 1 is 1.53 bits per heavy atom. The number of hydrogen-bond acceptors (Lipinski definition) is 3. The fourth-order valence-electron chi connectivity index (χ4n) is 0.654. The van der Waals surface area contributed by atoms with Crippen molar-refractivity contribution < 1.29 is 32.2 Å². The van der Waals surface area contributed by atoms with Crippen LogP contribution in [0.25, 0.3) is 0 Å². The molecule has 4 nitrogen and oxygen atoms in total. The van der Waals surface area contributed by atoms with Crippen molar-refractivity contribution >= 4 is 5.97 Å². The van der Waals surface area contributed by atoms with Gasteiger partial charge in [-0.2, -0.15) is 8.78 Å². The Bertz CT molecular complexity index is 212. The molecule has 0 aromatic heterocycles. The van der Waals surface area contributed by atoms with Crippen LogP contribution in [-0.4, -0.2) is 49.7 Å². The van der Waals surface area contributed by atoms with Crippen LogP contribution in [0.15, 0.2) is 0 Å². The van der Waals surface area contributed by atoms with Crippen molar-refractivity contribution in [2.75, 3.05) is 20.3 Å². The van der Waals surface area contributed by atoms with Crippen LogP contribution >= 0.6 is 0 Å². The summed E-state index contributed by atoms with van der Waals surface area (Å²) in [6.07, 6.45) is -3.82. The summed E-state index contributed by atoms with van der Waals surface area (Å²) in [7, 11) is 1.29. The molecule has 0 radical (unpaired) electrons. The molecule has 8 heteroatoms. The number of ether oxygens (including phenoxy) is 1. The van der Waals surface area contributed by atoms with Crippen LogP contribution < -0.4 is 5.32 Å². The molecule has 2 N–H and O–H groups in total. The van der Waals surface area contributed by atoms with Crippen LogP contribution in [-0.2, 0) is 9.53 Å². The standard InChI is InChI=1S/C7H11F4NO3/c1-12-4(5(13)14)2-15-3-7(10,11)6(8)9/h4,6,12H,2-3H2,1H3,(H,13,14)/t4-/m0/s1. The van der Waals surface area contributed by atoms with Crippen LogP contribution in [0.3, 0.4) is 0 Å². The smallest absolute Gasteiger partial charge is 0.330 e. The van der Waals surface area contributed by atoms with Gasteiger partial charge in [-0.1, -0.05) is 0 Å². The van der Waals surface area contributed by atoms with E-state index in [4.69, 9.17) is 5.11 Å². The molecule has 0 unspecified atom stereocenters. The quantitative estimate of drug-likeness (QED) is 0.631. The van der Waals surface area contributed by atoms with Crippen molar-refractivity contribution in [1.82, 2.24) is 5.32 Å². The fourth-order valence-corrected chi connectivity index (χ4v) is 0.654. The third kappa shape index (κ3) is 4.93. The van der Waals surface area contributed by atoms with Gasteiger partial charge in [0.2, 0.25) is 0 Å². The van der Waals surface area contributed by atoms with Crippen LogP contribution in [0, 0.1) is 0 Å². The maximum Gasteiger partial charge on any atom is 0.330 e. The van der Waals surface area contributed by atoms with Crippen molar-refractivity contribution in [3.05, 3.63) is 0 Å². The summed E-state index contributed by atoms with van der Waals surface area (Å²) in [6.45, 7) is -2.11. The second-order valence-corrected chi connectivity index (χ2v) is 2.76. The molecule has 0 saturated carbocycles. The molecular weight excluding hydrogens is 222 g/mol. The number of aliphatic carboxylic acids is 1. The minimum atomic E-state index is -4.25. The zero-order chi connectivity index (χ0) is 12.1. The van der Waals surface area contributed by atoms with E-state index >= 15 is 0 Å². The van der Waals surface area contributed by atoms with Crippen molar-refractivity contribution in [3.8, 4) is 0 Å². The molecule has 0 aliphatic rings. The normalized spacial score (nSPS) is 14.3. The molecule has 0 rings (SSSR count). The first kappa shape index (κ1) is 14.1. The van der Waals surface area contributed by atoms with Crippen LogP contribution in [0.1, 0.15) is 0 Å². The average Bonchev–Trinajstić information content (AvgIpc) is 2.11. The highest BCUT2D eigenvalue weighted by Gasteiger charge is 2.41. The van der Waals surface area contributed by atoms with E-state index in [0.717, 1.165) is 0 Å². The number of carbonyl (C=O) groups is 1. The first-order chi connectivity index (χ1) is 6.81. The molecule has 90 valence electrons. The molecule has 0 aromatic rings. The molecule has 0 aromatic carbocycles. The predicted molar refractivity (Wildman–Crippen MR) is 42.3 cm³/mol. The second kappa shape index (κ2) is 5.86. The number of hydrogen-bond donors (Lipinski definition) is 2. The van der Waals surface area contributed by atoms with Gasteiger partial charge in [-0.3, -0.25) is 4.79 Å². The Morgan fingerprint density at radius 2 is 2.07 bits per heavy atom. The summed E-state index contributed by atoms with van der Waals surface area (Å²) < 4.78 is 51.9. The van der Waals surface area contributed by atoms with E-state index in [1.165, 1.54) is 7.05 Å². The minimum absolute atomic E-state index is 0.603. The maximum atomic E-state index is 12.3. The number of nitrogens with one attached hydrogen (secondary N) is 1. The average molecular weight is 233 g/mol. The van der Waals surface area contributed by atoms with Crippen LogP contribution in [0.2, 0.25) is 0 Å². The van der Waals surface area contributed by atoms with E-state index in [9.17, 15) is 22.4 Å².